The van der Waals surface area contributed by atoms with E-state index in [1.165, 1.54) is 0 Å². The lowest BCUT2D eigenvalue weighted by Crippen LogP contribution is -2.37. The summed E-state index contributed by atoms with van der Waals surface area (Å²) in [7, 11) is 1.63. The zero-order valence-electron chi connectivity index (χ0n) is 12.0. The minimum absolute atomic E-state index is 0.0829. The lowest BCUT2D eigenvalue weighted by Gasteiger charge is -2.25. The number of para-hydroxylation sites is 1. The second-order valence-corrected chi connectivity index (χ2v) is 5.78. The molecule has 4 nitrogen and oxygen atoms in total. The molecule has 110 valence electrons. The van der Waals surface area contributed by atoms with E-state index in [-0.39, 0.29) is 11.8 Å². The van der Waals surface area contributed by atoms with Crippen molar-refractivity contribution >= 4 is 17.7 Å². The zero-order chi connectivity index (χ0) is 14.4. The number of carbonyl (C=O) groups is 1. The number of amides is 1. The Kier molecular flexibility index (Phi) is 5.59. The topological polar surface area (TPSA) is 47.6 Å². The number of nitrogens with one attached hydrogen (secondary N) is 1. The Morgan fingerprint density at radius 1 is 1.55 bits per heavy atom. The predicted octanol–water partition coefficient (Wildman–Crippen LogP) is 2.12. The lowest BCUT2D eigenvalue weighted by atomic mass is 9.95. The van der Waals surface area contributed by atoms with E-state index in [1.54, 1.807) is 18.9 Å². The first-order chi connectivity index (χ1) is 9.76. The van der Waals surface area contributed by atoms with Gasteiger partial charge in [0.25, 0.3) is 0 Å². The van der Waals surface area contributed by atoms with Crippen molar-refractivity contribution in [3.8, 4) is 11.5 Å². The molecule has 1 aliphatic rings. The van der Waals surface area contributed by atoms with Crippen molar-refractivity contribution in [3.05, 3.63) is 23.8 Å². The monoisotopic (exact) mass is 295 g/mol. The summed E-state index contributed by atoms with van der Waals surface area (Å²) >= 11 is 1.79. The van der Waals surface area contributed by atoms with Gasteiger partial charge in [0.05, 0.1) is 13.0 Å². The molecular formula is C15H21NO3S. The smallest absolute Gasteiger partial charge is 0.226 e. The van der Waals surface area contributed by atoms with Gasteiger partial charge in [0, 0.05) is 6.54 Å². The first-order valence-corrected chi connectivity index (χ1v) is 8.21. The molecule has 1 aromatic carbocycles. The van der Waals surface area contributed by atoms with E-state index in [1.807, 2.05) is 18.2 Å². The number of rotatable bonds is 6. The van der Waals surface area contributed by atoms with Crippen molar-refractivity contribution in [2.24, 2.45) is 5.92 Å². The standard InChI is InChI=1S/C15H21NO3S/c1-18-13-6-3-5-11-9-12(10-19-14(11)13)15(17)16-7-4-8-20-2/h3,5-6,12H,4,7-10H2,1-2H3,(H,16,17)/t12-/m1/s1. The van der Waals surface area contributed by atoms with Crippen LogP contribution in [0, 0.1) is 5.92 Å². The minimum atomic E-state index is -0.108. The molecule has 1 N–H and O–H groups in total. The number of hydrogen-bond acceptors (Lipinski definition) is 4. The molecule has 1 heterocycles. The van der Waals surface area contributed by atoms with Crippen molar-refractivity contribution in [2.75, 3.05) is 32.3 Å². The summed E-state index contributed by atoms with van der Waals surface area (Å²) in [5, 5.41) is 2.98. The Morgan fingerprint density at radius 3 is 3.15 bits per heavy atom. The van der Waals surface area contributed by atoms with Crippen LogP contribution in [0.4, 0.5) is 0 Å². The molecule has 0 saturated carbocycles. The van der Waals surface area contributed by atoms with E-state index < -0.39 is 0 Å². The van der Waals surface area contributed by atoms with Crippen LogP contribution >= 0.6 is 11.8 Å². The van der Waals surface area contributed by atoms with Crippen LogP contribution in [0.1, 0.15) is 12.0 Å². The van der Waals surface area contributed by atoms with Crippen LogP contribution in [-0.2, 0) is 11.2 Å². The van der Waals surface area contributed by atoms with Gasteiger partial charge in [0.15, 0.2) is 11.5 Å². The Hall–Kier alpha value is -1.36. The van der Waals surface area contributed by atoms with Gasteiger partial charge in [-0.15, -0.1) is 0 Å². The Balaban J connectivity index is 1.92. The van der Waals surface area contributed by atoms with Crippen molar-refractivity contribution in [1.82, 2.24) is 5.32 Å². The number of methoxy groups -OCH3 is 1. The fourth-order valence-corrected chi connectivity index (χ4v) is 2.73. The van der Waals surface area contributed by atoms with Crippen LogP contribution in [0.25, 0.3) is 0 Å². The third-order valence-corrected chi connectivity index (χ3v) is 4.07. The van der Waals surface area contributed by atoms with Gasteiger partial charge in [-0.3, -0.25) is 4.79 Å². The number of ether oxygens (including phenoxy) is 2. The molecule has 0 aliphatic carbocycles. The molecule has 0 spiro atoms. The van der Waals surface area contributed by atoms with E-state index in [9.17, 15) is 4.79 Å². The Labute approximate surface area is 124 Å². The molecule has 0 bridgehead atoms. The highest BCUT2D eigenvalue weighted by atomic mass is 32.2. The van der Waals surface area contributed by atoms with Crippen molar-refractivity contribution < 1.29 is 14.3 Å². The molecule has 1 atom stereocenters. The predicted molar refractivity (Wildman–Crippen MR) is 81.7 cm³/mol. The molecule has 1 amide bonds. The van der Waals surface area contributed by atoms with Gasteiger partial charge in [-0.05, 0) is 36.5 Å². The molecule has 0 radical (unpaired) electrons. The molecule has 20 heavy (non-hydrogen) atoms. The van der Waals surface area contributed by atoms with Gasteiger partial charge in [-0.2, -0.15) is 11.8 Å². The third-order valence-electron chi connectivity index (χ3n) is 3.37. The van der Waals surface area contributed by atoms with E-state index in [2.05, 4.69) is 11.6 Å². The summed E-state index contributed by atoms with van der Waals surface area (Å²) in [6.07, 6.45) is 3.78. The molecular weight excluding hydrogens is 274 g/mol. The number of fused-ring (bicyclic) bond motifs is 1. The van der Waals surface area contributed by atoms with Crippen LogP contribution in [0.2, 0.25) is 0 Å². The fourth-order valence-electron chi connectivity index (χ4n) is 2.30. The van der Waals surface area contributed by atoms with E-state index in [0.717, 1.165) is 35.8 Å². The molecule has 1 aromatic rings. The van der Waals surface area contributed by atoms with E-state index in [4.69, 9.17) is 9.47 Å². The van der Waals surface area contributed by atoms with Gasteiger partial charge >= 0.3 is 0 Å². The molecule has 0 fully saturated rings. The van der Waals surface area contributed by atoms with Crippen molar-refractivity contribution in [3.63, 3.8) is 0 Å². The first kappa shape index (κ1) is 15.0. The molecule has 0 unspecified atom stereocenters. The van der Waals surface area contributed by atoms with E-state index in [0.29, 0.717) is 13.0 Å². The van der Waals surface area contributed by atoms with Gasteiger partial charge in [0.1, 0.15) is 6.61 Å². The zero-order valence-corrected chi connectivity index (χ0v) is 12.8. The number of thioether (sulfide) groups is 1. The maximum absolute atomic E-state index is 12.1. The van der Waals surface area contributed by atoms with Gasteiger partial charge in [-0.25, -0.2) is 0 Å². The second kappa shape index (κ2) is 7.43. The average molecular weight is 295 g/mol. The maximum atomic E-state index is 12.1. The van der Waals surface area contributed by atoms with E-state index >= 15 is 0 Å². The molecule has 0 saturated heterocycles. The van der Waals surface area contributed by atoms with Crippen molar-refractivity contribution in [1.29, 1.82) is 0 Å². The highest BCUT2D eigenvalue weighted by Crippen LogP contribution is 2.35. The van der Waals surface area contributed by atoms with Gasteiger partial charge < -0.3 is 14.8 Å². The Bertz CT molecular complexity index is 464. The summed E-state index contributed by atoms with van der Waals surface area (Å²) in [6, 6.07) is 5.80. The number of benzene rings is 1. The van der Waals surface area contributed by atoms with Crippen molar-refractivity contribution in [2.45, 2.75) is 12.8 Å². The third kappa shape index (κ3) is 3.60. The maximum Gasteiger partial charge on any atom is 0.226 e. The highest BCUT2D eigenvalue weighted by Gasteiger charge is 2.27. The quantitative estimate of drug-likeness (QED) is 0.817. The first-order valence-electron chi connectivity index (χ1n) is 6.81. The van der Waals surface area contributed by atoms with Gasteiger partial charge in [-0.1, -0.05) is 12.1 Å². The molecule has 0 aromatic heterocycles. The minimum Gasteiger partial charge on any atom is -0.493 e. The summed E-state index contributed by atoms with van der Waals surface area (Å²) < 4.78 is 11.0. The van der Waals surface area contributed by atoms with Crippen LogP contribution < -0.4 is 14.8 Å². The summed E-state index contributed by atoms with van der Waals surface area (Å²) in [4.78, 5) is 12.1. The van der Waals surface area contributed by atoms with Crippen LogP contribution in [0.15, 0.2) is 18.2 Å². The van der Waals surface area contributed by atoms with Crippen LogP contribution in [-0.4, -0.2) is 38.2 Å². The number of hydrogen-bond donors (Lipinski definition) is 1. The van der Waals surface area contributed by atoms with Gasteiger partial charge in [0.2, 0.25) is 5.91 Å². The Morgan fingerprint density at radius 2 is 2.40 bits per heavy atom. The fraction of sp³-hybridized carbons (Fsp3) is 0.533. The molecule has 2 rings (SSSR count). The lowest BCUT2D eigenvalue weighted by molar-refractivity contribution is -0.126. The molecule has 5 heteroatoms. The summed E-state index contributed by atoms with van der Waals surface area (Å²) in [6.45, 7) is 1.16. The SMILES string of the molecule is COc1cccc2c1OC[C@H](C(=O)NCCCSC)C2. The van der Waals surface area contributed by atoms with Crippen LogP contribution in [0.3, 0.4) is 0 Å². The largest absolute Gasteiger partial charge is 0.493 e. The summed E-state index contributed by atoms with van der Waals surface area (Å²) in [5.41, 5.74) is 1.04. The molecule has 1 aliphatic heterocycles. The highest BCUT2D eigenvalue weighted by molar-refractivity contribution is 7.98. The average Bonchev–Trinajstić information content (AvgIpc) is 2.50. The number of carbonyl (C=O) groups excluding carboxylic acids is 1. The van der Waals surface area contributed by atoms with Crippen LogP contribution in [0.5, 0.6) is 11.5 Å². The second-order valence-electron chi connectivity index (χ2n) is 4.80. The normalized spacial score (nSPS) is 17.0. The summed E-state index contributed by atoms with van der Waals surface area (Å²) in [5.74, 6) is 2.56.